The van der Waals surface area contributed by atoms with Crippen LogP contribution in [0.5, 0.6) is 0 Å². The molecule has 0 atom stereocenters. The minimum absolute atomic E-state index is 0.627. The van der Waals surface area contributed by atoms with Gasteiger partial charge >= 0.3 is 0 Å². The number of benzene rings is 1. The smallest absolute Gasteiger partial charge is 0.207 e. The number of hydrogen-bond donors (Lipinski definition) is 1. The van der Waals surface area contributed by atoms with Crippen molar-refractivity contribution in [2.75, 3.05) is 5.32 Å². The molecule has 0 amide bonds. The Bertz CT molecular complexity index is 518. The van der Waals surface area contributed by atoms with Crippen molar-refractivity contribution < 1.29 is 0 Å². The summed E-state index contributed by atoms with van der Waals surface area (Å²) in [5, 5.41) is 3.45. The number of imidazole rings is 1. The number of anilines is 1. The molecule has 1 aromatic carbocycles. The SMILES string of the molecule is Cc1cc(C)cc(-n2ccnc2NC2CC2)c1. The normalized spacial score (nSPS) is 14.9. The van der Waals surface area contributed by atoms with E-state index in [0.29, 0.717) is 6.04 Å². The molecule has 1 saturated carbocycles. The minimum atomic E-state index is 0.627. The van der Waals surface area contributed by atoms with E-state index >= 15 is 0 Å². The number of aryl methyl sites for hydroxylation is 2. The van der Waals surface area contributed by atoms with Gasteiger partial charge in [-0.25, -0.2) is 4.98 Å². The van der Waals surface area contributed by atoms with E-state index < -0.39 is 0 Å². The van der Waals surface area contributed by atoms with E-state index in [0.717, 1.165) is 5.95 Å². The standard InChI is InChI=1S/C14H17N3/c1-10-7-11(2)9-13(8-10)17-6-5-15-14(17)16-12-3-4-12/h5-9,12H,3-4H2,1-2H3,(H,15,16). The van der Waals surface area contributed by atoms with Crippen molar-refractivity contribution in [1.82, 2.24) is 9.55 Å². The maximum Gasteiger partial charge on any atom is 0.207 e. The summed E-state index contributed by atoms with van der Waals surface area (Å²) in [6.07, 6.45) is 6.39. The second-order valence-electron chi connectivity index (χ2n) is 4.89. The summed E-state index contributed by atoms with van der Waals surface area (Å²) in [6, 6.07) is 7.19. The fourth-order valence-corrected chi connectivity index (χ4v) is 2.12. The summed E-state index contributed by atoms with van der Waals surface area (Å²) in [5.41, 5.74) is 3.75. The molecule has 3 rings (SSSR count). The van der Waals surface area contributed by atoms with E-state index in [1.165, 1.54) is 29.7 Å². The lowest BCUT2D eigenvalue weighted by Crippen LogP contribution is -2.07. The van der Waals surface area contributed by atoms with Crippen molar-refractivity contribution in [2.45, 2.75) is 32.7 Å². The fourth-order valence-electron chi connectivity index (χ4n) is 2.12. The van der Waals surface area contributed by atoms with E-state index in [-0.39, 0.29) is 0 Å². The van der Waals surface area contributed by atoms with Crippen LogP contribution in [0.4, 0.5) is 5.95 Å². The first-order valence-electron chi connectivity index (χ1n) is 6.11. The van der Waals surface area contributed by atoms with E-state index in [4.69, 9.17) is 0 Å². The van der Waals surface area contributed by atoms with E-state index in [1.54, 1.807) is 0 Å². The molecule has 1 fully saturated rings. The van der Waals surface area contributed by atoms with Crippen molar-refractivity contribution in [1.29, 1.82) is 0 Å². The zero-order chi connectivity index (χ0) is 11.8. The Balaban J connectivity index is 1.98. The highest BCUT2D eigenvalue weighted by molar-refractivity contribution is 5.46. The number of nitrogens with one attached hydrogen (secondary N) is 1. The molecule has 1 N–H and O–H groups in total. The van der Waals surface area contributed by atoms with Crippen LogP contribution in [-0.2, 0) is 0 Å². The lowest BCUT2D eigenvalue weighted by atomic mass is 10.1. The van der Waals surface area contributed by atoms with Crippen molar-refractivity contribution in [3.63, 3.8) is 0 Å². The van der Waals surface area contributed by atoms with Crippen molar-refractivity contribution in [3.8, 4) is 5.69 Å². The molecule has 88 valence electrons. The minimum Gasteiger partial charge on any atom is -0.353 e. The highest BCUT2D eigenvalue weighted by Gasteiger charge is 2.22. The summed E-state index contributed by atoms with van der Waals surface area (Å²) < 4.78 is 2.12. The molecule has 1 aliphatic rings. The van der Waals surface area contributed by atoms with Gasteiger partial charge in [-0.05, 0) is 49.9 Å². The summed E-state index contributed by atoms with van der Waals surface area (Å²) in [6.45, 7) is 4.25. The molecule has 0 spiro atoms. The predicted octanol–water partition coefficient (Wildman–Crippen LogP) is 3.06. The molecule has 1 aliphatic carbocycles. The zero-order valence-corrected chi connectivity index (χ0v) is 10.3. The van der Waals surface area contributed by atoms with Gasteiger partial charge in [0.2, 0.25) is 5.95 Å². The third kappa shape index (κ3) is 2.18. The molecule has 3 nitrogen and oxygen atoms in total. The molecular formula is C14H17N3. The first-order chi connectivity index (χ1) is 8.22. The molecular weight excluding hydrogens is 210 g/mol. The predicted molar refractivity (Wildman–Crippen MR) is 69.7 cm³/mol. The fraction of sp³-hybridized carbons (Fsp3) is 0.357. The third-order valence-electron chi connectivity index (χ3n) is 3.04. The van der Waals surface area contributed by atoms with E-state index in [9.17, 15) is 0 Å². The maximum atomic E-state index is 4.38. The van der Waals surface area contributed by atoms with Gasteiger partial charge in [0, 0.05) is 24.1 Å². The molecule has 17 heavy (non-hydrogen) atoms. The summed E-state index contributed by atoms with van der Waals surface area (Å²) >= 11 is 0. The molecule has 0 unspecified atom stereocenters. The highest BCUT2D eigenvalue weighted by atomic mass is 15.2. The Hall–Kier alpha value is -1.77. The second kappa shape index (κ2) is 3.91. The Morgan fingerprint density at radius 3 is 2.53 bits per heavy atom. The largest absolute Gasteiger partial charge is 0.353 e. The van der Waals surface area contributed by atoms with E-state index in [2.05, 4.69) is 46.9 Å². The van der Waals surface area contributed by atoms with Crippen LogP contribution in [0.25, 0.3) is 5.69 Å². The highest BCUT2D eigenvalue weighted by Crippen LogP contribution is 2.25. The lowest BCUT2D eigenvalue weighted by molar-refractivity contribution is 0.999. The maximum absolute atomic E-state index is 4.38. The number of aromatic nitrogens is 2. The average molecular weight is 227 g/mol. The molecule has 1 aromatic heterocycles. The molecule has 1 heterocycles. The Morgan fingerprint density at radius 2 is 1.88 bits per heavy atom. The Morgan fingerprint density at radius 1 is 1.18 bits per heavy atom. The molecule has 0 bridgehead atoms. The van der Waals surface area contributed by atoms with Crippen LogP contribution >= 0.6 is 0 Å². The van der Waals surface area contributed by atoms with Gasteiger partial charge in [-0.3, -0.25) is 4.57 Å². The van der Waals surface area contributed by atoms with E-state index in [1.807, 2.05) is 12.4 Å². The Labute approximate surface area is 101 Å². The molecule has 0 saturated heterocycles. The molecule has 0 aliphatic heterocycles. The van der Waals surface area contributed by atoms with Crippen LogP contribution < -0.4 is 5.32 Å². The second-order valence-corrected chi connectivity index (χ2v) is 4.89. The van der Waals surface area contributed by atoms with Crippen LogP contribution in [0, 0.1) is 13.8 Å². The molecule has 3 heteroatoms. The van der Waals surface area contributed by atoms with Gasteiger partial charge in [-0.15, -0.1) is 0 Å². The lowest BCUT2D eigenvalue weighted by Gasteiger charge is -2.10. The molecule has 2 aromatic rings. The topological polar surface area (TPSA) is 29.9 Å². The van der Waals surface area contributed by atoms with Crippen molar-refractivity contribution in [3.05, 3.63) is 41.7 Å². The van der Waals surface area contributed by atoms with Gasteiger partial charge in [0.25, 0.3) is 0 Å². The monoisotopic (exact) mass is 227 g/mol. The van der Waals surface area contributed by atoms with Gasteiger partial charge in [0.1, 0.15) is 0 Å². The van der Waals surface area contributed by atoms with Gasteiger partial charge in [0.05, 0.1) is 0 Å². The zero-order valence-electron chi connectivity index (χ0n) is 10.3. The number of rotatable bonds is 3. The number of hydrogen-bond acceptors (Lipinski definition) is 2. The van der Waals surface area contributed by atoms with Crippen LogP contribution in [0.1, 0.15) is 24.0 Å². The van der Waals surface area contributed by atoms with Crippen molar-refractivity contribution in [2.24, 2.45) is 0 Å². The summed E-state index contributed by atoms with van der Waals surface area (Å²) in [4.78, 5) is 4.38. The summed E-state index contributed by atoms with van der Waals surface area (Å²) in [5.74, 6) is 0.956. The molecule has 0 radical (unpaired) electrons. The van der Waals surface area contributed by atoms with Gasteiger partial charge in [-0.2, -0.15) is 0 Å². The van der Waals surface area contributed by atoms with Crippen LogP contribution in [-0.4, -0.2) is 15.6 Å². The van der Waals surface area contributed by atoms with Crippen LogP contribution in [0.15, 0.2) is 30.6 Å². The van der Waals surface area contributed by atoms with Crippen molar-refractivity contribution >= 4 is 5.95 Å². The first kappa shape index (κ1) is 10.4. The first-order valence-corrected chi connectivity index (χ1v) is 6.11. The quantitative estimate of drug-likeness (QED) is 0.873. The average Bonchev–Trinajstić information content (AvgIpc) is 2.93. The Kier molecular flexibility index (Phi) is 2.39. The summed E-state index contributed by atoms with van der Waals surface area (Å²) in [7, 11) is 0. The van der Waals surface area contributed by atoms with Gasteiger partial charge < -0.3 is 5.32 Å². The van der Waals surface area contributed by atoms with Gasteiger partial charge in [0.15, 0.2) is 0 Å². The van der Waals surface area contributed by atoms with Crippen LogP contribution in [0.2, 0.25) is 0 Å². The number of nitrogens with zero attached hydrogens (tertiary/aromatic N) is 2. The third-order valence-corrected chi connectivity index (χ3v) is 3.04. The van der Waals surface area contributed by atoms with Gasteiger partial charge in [-0.1, -0.05) is 6.07 Å². The van der Waals surface area contributed by atoms with Crippen LogP contribution in [0.3, 0.4) is 0 Å².